The first-order valence-electron chi connectivity index (χ1n) is 14.0. The van der Waals surface area contributed by atoms with Crippen LogP contribution in [0.2, 0.25) is 0 Å². The number of hydrogen-bond acceptors (Lipinski definition) is 2. The van der Waals surface area contributed by atoms with Gasteiger partial charge in [0.05, 0.1) is 22.4 Å². The molecule has 2 fully saturated rings. The lowest BCUT2D eigenvalue weighted by atomic mass is 9.67. The maximum absolute atomic E-state index is 8.02. The second-order valence-electron chi connectivity index (χ2n) is 11.9. The Morgan fingerprint density at radius 3 is 1.92 bits per heavy atom. The highest BCUT2D eigenvalue weighted by Crippen LogP contribution is 2.56. The molecule has 9 rings (SSSR count). The molecule has 2 heterocycles. The number of para-hydroxylation sites is 2. The third kappa shape index (κ3) is 3.08. The zero-order valence-corrected chi connectivity index (χ0v) is 21.9. The van der Waals surface area contributed by atoms with E-state index in [4.69, 9.17) is 16.5 Å². The van der Waals surface area contributed by atoms with Crippen LogP contribution in [0.4, 0.5) is 5.82 Å². The molecule has 2 saturated carbocycles. The average Bonchev–Trinajstić information content (AvgIpc) is 3.17. The third-order valence-electron chi connectivity index (χ3n) is 9.57. The summed E-state index contributed by atoms with van der Waals surface area (Å²) in [6.07, 6.45) is 6.34. The van der Waals surface area contributed by atoms with Crippen molar-refractivity contribution >= 4 is 27.6 Å². The molecule has 2 atom stereocenters. The Hall–Kier alpha value is -3.97. The van der Waals surface area contributed by atoms with E-state index in [0.29, 0.717) is 17.7 Å². The van der Waals surface area contributed by atoms with E-state index in [1.165, 1.54) is 70.9 Å². The van der Waals surface area contributed by atoms with Gasteiger partial charge in [-0.1, -0.05) is 43.0 Å². The van der Waals surface area contributed by atoms with Crippen LogP contribution < -0.4 is 0 Å². The lowest BCUT2D eigenvalue weighted by Gasteiger charge is -2.37. The summed E-state index contributed by atoms with van der Waals surface area (Å²) in [6, 6.07) is 21.8. The molecule has 0 amide bonds. The molecule has 4 nitrogen and oxygen atoms in total. The van der Waals surface area contributed by atoms with Crippen LogP contribution in [0.5, 0.6) is 0 Å². The number of fused-ring (bicyclic) bond motifs is 3. The van der Waals surface area contributed by atoms with Crippen molar-refractivity contribution in [2.24, 2.45) is 11.8 Å². The van der Waals surface area contributed by atoms with Crippen LogP contribution in [0.25, 0.3) is 43.6 Å². The van der Waals surface area contributed by atoms with Gasteiger partial charge in [-0.15, -0.1) is 4.98 Å². The zero-order chi connectivity index (χ0) is 25.5. The number of rotatable bonds is 2. The number of benzene rings is 3. The van der Waals surface area contributed by atoms with Crippen molar-refractivity contribution in [1.29, 1.82) is 0 Å². The van der Waals surface area contributed by atoms with Gasteiger partial charge in [0.2, 0.25) is 0 Å². The lowest BCUT2D eigenvalue weighted by molar-refractivity contribution is 0.164. The van der Waals surface area contributed by atoms with Gasteiger partial charge in [0.25, 0.3) is 5.82 Å². The van der Waals surface area contributed by atoms with E-state index in [2.05, 4.69) is 83.9 Å². The fraction of sp³-hybridized carbons (Fsp3) is 0.324. The van der Waals surface area contributed by atoms with Crippen LogP contribution in [-0.4, -0.2) is 14.5 Å². The summed E-state index contributed by atoms with van der Waals surface area (Å²) in [4.78, 5) is 14.3. The Kier molecular flexibility index (Phi) is 4.65. The fourth-order valence-corrected chi connectivity index (χ4v) is 8.09. The largest absolute Gasteiger partial charge is 0.359 e. The summed E-state index contributed by atoms with van der Waals surface area (Å²) >= 11 is 0. The van der Waals surface area contributed by atoms with E-state index in [1.807, 2.05) is 0 Å². The van der Waals surface area contributed by atoms with Gasteiger partial charge in [-0.25, -0.2) is 0 Å². The predicted molar refractivity (Wildman–Crippen MR) is 153 cm³/mol. The molecule has 0 radical (unpaired) electrons. The van der Waals surface area contributed by atoms with Crippen LogP contribution in [0, 0.1) is 32.3 Å². The second-order valence-corrected chi connectivity index (χ2v) is 11.9. The molecule has 0 N–H and O–H groups in total. The molecule has 0 aliphatic heterocycles. The molecule has 4 aliphatic carbocycles. The summed E-state index contributed by atoms with van der Waals surface area (Å²) in [5.41, 5.74) is 10.0. The van der Waals surface area contributed by atoms with Crippen molar-refractivity contribution in [1.82, 2.24) is 14.5 Å². The van der Waals surface area contributed by atoms with Crippen LogP contribution in [0.3, 0.4) is 0 Å². The maximum atomic E-state index is 8.02. The summed E-state index contributed by atoms with van der Waals surface area (Å²) < 4.78 is 2.38. The van der Waals surface area contributed by atoms with Crippen molar-refractivity contribution in [3.63, 3.8) is 0 Å². The van der Waals surface area contributed by atoms with Gasteiger partial charge in [-0.2, -0.15) is 0 Å². The van der Waals surface area contributed by atoms with Crippen molar-refractivity contribution in [3.8, 4) is 16.9 Å². The van der Waals surface area contributed by atoms with E-state index in [9.17, 15) is 0 Å². The summed E-state index contributed by atoms with van der Waals surface area (Å²) in [6.45, 7) is 12.4. The summed E-state index contributed by atoms with van der Waals surface area (Å²) in [5.74, 6) is 3.08. The zero-order valence-electron chi connectivity index (χ0n) is 21.9. The molecule has 186 valence electrons. The molecule has 3 aromatic carbocycles. The molecular weight excluding hydrogens is 464 g/mol. The molecule has 38 heavy (non-hydrogen) atoms. The van der Waals surface area contributed by atoms with E-state index in [1.54, 1.807) is 0 Å². The molecule has 0 spiro atoms. The Morgan fingerprint density at radius 1 is 0.737 bits per heavy atom. The molecule has 2 aromatic heterocycles. The number of aromatic nitrogens is 3. The predicted octanol–water partition coefficient (Wildman–Crippen LogP) is 8.80. The van der Waals surface area contributed by atoms with Gasteiger partial charge >= 0.3 is 0 Å². The van der Waals surface area contributed by atoms with Crippen molar-refractivity contribution < 1.29 is 0 Å². The van der Waals surface area contributed by atoms with Crippen LogP contribution in [0.15, 0.2) is 60.7 Å². The van der Waals surface area contributed by atoms with Crippen molar-refractivity contribution in [3.05, 3.63) is 94.6 Å². The number of nitrogens with zero attached hydrogens (tertiary/aromatic N) is 4. The minimum Gasteiger partial charge on any atom is -0.359 e. The Balaban J connectivity index is 1.32. The summed E-state index contributed by atoms with van der Waals surface area (Å²) in [7, 11) is 0. The highest BCUT2D eigenvalue weighted by Gasteiger charge is 2.45. The smallest absolute Gasteiger partial charge is 0.296 e. The number of aryl methyl sites for hydroxylation is 2. The van der Waals surface area contributed by atoms with Gasteiger partial charge in [-0.3, -0.25) is 4.98 Å². The van der Waals surface area contributed by atoms with Gasteiger partial charge in [0, 0.05) is 28.3 Å². The van der Waals surface area contributed by atoms with E-state index < -0.39 is 0 Å². The Labute approximate surface area is 223 Å². The van der Waals surface area contributed by atoms with Gasteiger partial charge in [0.15, 0.2) is 5.69 Å². The molecule has 2 unspecified atom stereocenters. The van der Waals surface area contributed by atoms with E-state index in [0.717, 1.165) is 34.4 Å². The standard InChI is InChI=1S/C34H30N4/c1-19-13-30(38-28-10-6-4-8-25(28)26-9-5-7-11-29(26)38)20(2)12-27(19)33-34(35-3)37-32-24-17-21-14-22(18-24)16-23(15-21)31(32)36-33/h4-13,21-24H,14-18H2,1-2H3. The monoisotopic (exact) mass is 494 g/mol. The van der Waals surface area contributed by atoms with Crippen LogP contribution >= 0.6 is 0 Å². The Bertz CT molecular complexity index is 1750. The van der Waals surface area contributed by atoms with Gasteiger partial charge in [-0.05, 0) is 98.7 Å². The highest BCUT2D eigenvalue weighted by molar-refractivity contribution is 6.09. The number of hydrogen-bond donors (Lipinski definition) is 0. The minimum atomic E-state index is 0.470. The van der Waals surface area contributed by atoms with Gasteiger partial charge < -0.3 is 9.41 Å². The lowest BCUT2D eigenvalue weighted by Crippen LogP contribution is -2.25. The van der Waals surface area contributed by atoms with Crippen molar-refractivity contribution in [2.75, 3.05) is 0 Å². The van der Waals surface area contributed by atoms with Gasteiger partial charge in [0.1, 0.15) is 0 Å². The molecular formula is C34H30N4. The molecule has 4 bridgehead atoms. The fourth-order valence-electron chi connectivity index (χ4n) is 8.09. The van der Waals surface area contributed by atoms with E-state index >= 15 is 0 Å². The topological polar surface area (TPSA) is 35.1 Å². The molecule has 4 heteroatoms. The normalized spacial score (nSPS) is 23.5. The Morgan fingerprint density at radius 2 is 1.32 bits per heavy atom. The quantitative estimate of drug-likeness (QED) is 0.230. The first-order chi connectivity index (χ1) is 18.6. The first kappa shape index (κ1) is 22.1. The van der Waals surface area contributed by atoms with Crippen LogP contribution in [0.1, 0.15) is 66.5 Å². The maximum Gasteiger partial charge on any atom is 0.296 e. The van der Waals surface area contributed by atoms with E-state index in [-0.39, 0.29) is 0 Å². The summed E-state index contributed by atoms with van der Waals surface area (Å²) in [5, 5.41) is 2.53. The molecule has 5 aromatic rings. The highest BCUT2D eigenvalue weighted by atomic mass is 15.0. The minimum absolute atomic E-state index is 0.470. The molecule has 0 saturated heterocycles. The SMILES string of the molecule is [C-]#[N+]c1nc2c(nc1-c1cc(C)c(-n3c4ccccc4c4ccccc43)cc1C)C1CC3CC(CC2C3)C1. The average molecular weight is 495 g/mol. The van der Waals surface area contributed by atoms with Crippen molar-refractivity contribution in [2.45, 2.75) is 57.8 Å². The van der Waals surface area contributed by atoms with Crippen LogP contribution in [-0.2, 0) is 0 Å². The second kappa shape index (κ2) is 8.01. The third-order valence-corrected chi connectivity index (χ3v) is 9.57. The first-order valence-corrected chi connectivity index (χ1v) is 14.0. The molecule has 4 aliphatic rings.